The van der Waals surface area contributed by atoms with E-state index in [-0.39, 0.29) is 5.54 Å². The molecule has 5 rings (SSSR count). The molecule has 0 saturated heterocycles. The third kappa shape index (κ3) is 1.46. The third-order valence-electron chi connectivity index (χ3n) is 5.08. The molecule has 1 aliphatic heterocycles. The summed E-state index contributed by atoms with van der Waals surface area (Å²) >= 11 is 1.86. The van der Waals surface area contributed by atoms with Gasteiger partial charge in [0.05, 0.1) is 17.8 Å². The van der Waals surface area contributed by atoms with Crippen LogP contribution in [-0.4, -0.2) is 9.38 Å². The Labute approximate surface area is 127 Å². The molecule has 0 amide bonds. The van der Waals surface area contributed by atoms with Crippen molar-refractivity contribution in [2.45, 2.75) is 37.8 Å². The summed E-state index contributed by atoms with van der Waals surface area (Å²) in [5, 5.41) is 0. The molecule has 2 aliphatic rings. The second kappa shape index (κ2) is 4.10. The average Bonchev–Trinajstić information content (AvgIpc) is 3.24. The van der Waals surface area contributed by atoms with Crippen molar-refractivity contribution < 1.29 is 0 Å². The Morgan fingerprint density at radius 1 is 1.10 bits per heavy atom. The number of anilines is 1. The highest BCUT2D eigenvalue weighted by atomic mass is 32.1. The largest absolute Gasteiger partial charge is 0.355 e. The molecule has 0 N–H and O–H groups in total. The first-order valence-electron chi connectivity index (χ1n) is 7.66. The lowest BCUT2D eigenvalue weighted by atomic mass is 9.93. The summed E-state index contributed by atoms with van der Waals surface area (Å²) in [6, 6.07) is 10.9. The molecular weight excluding hydrogens is 278 g/mol. The smallest absolute Gasteiger partial charge is 0.194 e. The van der Waals surface area contributed by atoms with Crippen LogP contribution in [0.3, 0.4) is 0 Å². The summed E-state index contributed by atoms with van der Waals surface area (Å²) in [5.41, 5.74) is 3.06. The van der Waals surface area contributed by atoms with E-state index in [9.17, 15) is 0 Å². The maximum atomic E-state index is 4.50. The van der Waals surface area contributed by atoms with Crippen LogP contribution in [0.1, 0.15) is 36.3 Å². The van der Waals surface area contributed by atoms with Crippen LogP contribution in [0, 0.1) is 0 Å². The van der Waals surface area contributed by atoms with Crippen LogP contribution in [0.5, 0.6) is 0 Å². The number of hydrogen-bond acceptors (Lipinski definition) is 3. The zero-order valence-electron chi connectivity index (χ0n) is 11.8. The molecule has 0 unspecified atom stereocenters. The van der Waals surface area contributed by atoms with Crippen molar-refractivity contribution in [2.75, 3.05) is 4.90 Å². The number of imidazole rings is 1. The lowest BCUT2D eigenvalue weighted by Gasteiger charge is -2.37. The monoisotopic (exact) mass is 295 g/mol. The molecule has 0 radical (unpaired) electrons. The van der Waals surface area contributed by atoms with Crippen molar-refractivity contribution in [3.05, 3.63) is 53.3 Å². The maximum absolute atomic E-state index is 4.50. The highest BCUT2D eigenvalue weighted by Crippen LogP contribution is 2.53. The number of para-hydroxylation sites is 1. The molecule has 2 aromatic heterocycles. The Morgan fingerprint density at radius 2 is 1.90 bits per heavy atom. The number of benzene rings is 1. The molecule has 4 heteroatoms. The molecule has 3 heterocycles. The van der Waals surface area contributed by atoms with Crippen LogP contribution >= 0.6 is 11.3 Å². The van der Waals surface area contributed by atoms with Crippen LogP contribution in [0.25, 0.3) is 4.96 Å². The predicted octanol–water partition coefficient (Wildman–Crippen LogP) is 4.19. The van der Waals surface area contributed by atoms with Gasteiger partial charge in [0.2, 0.25) is 0 Å². The number of rotatable bonds is 1. The second-order valence-electron chi connectivity index (χ2n) is 6.11. The topological polar surface area (TPSA) is 20.5 Å². The lowest BCUT2D eigenvalue weighted by molar-refractivity contribution is 0.424. The van der Waals surface area contributed by atoms with Gasteiger partial charge in [-0.1, -0.05) is 42.4 Å². The molecular formula is C17H17N3S. The van der Waals surface area contributed by atoms with Crippen LogP contribution in [0.15, 0.2) is 42.7 Å². The minimum Gasteiger partial charge on any atom is -0.355 e. The lowest BCUT2D eigenvalue weighted by Crippen LogP contribution is -2.39. The van der Waals surface area contributed by atoms with Gasteiger partial charge in [-0.2, -0.15) is 0 Å². The fourth-order valence-corrected chi connectivity index (χ4v) is 5.42. The van der Waals surface area contributed by atoms with E-state index in [1.165, 1.54) is 41.9 Å². The molecule has 1 fully saturated rings. The first-order chi connectivity index (χ1) is 10.4. The Kier molecular flexibility index (Phi) is 2.31. The van der Waals surface area contributed by atoms with Crippen LogP contribution in [0.2, 0.25) is 0 Å². The summed E-state index contributed by atoms with van der Waals surface area (Å²) in [4.78, 5) is 9.79. The van der Waals surface area contributed by atoms with Gasteiger partial charge in [0, 0.05) is 23.0 Å². The summed E-state index contributed by atoms with van der Waals surface area (Å²) in [6.07, 6.45) is 9.25. The van der Waals surface area contributed by atoms with Gasteiger partial charge in [0.15, 0.2) is 4.96 Å². The first kappa shape index (κ1) is 11.8. The Hall–Kier alpha value is -1.81. The van der Waals surface area contributed by atoms with Gasteiger partial charge in [-0.15, -0.1) is 0 Å². The highest BCUT2D eigenvalue weighted by Gasteiger charge is 2.49. The third-order valence-corrected chi connectivity index (χ3v) is 6.14. The van der Waals surface area contributed by atoms with E-state index in [0.717, 1.165) is 11.5 Å². The molecule has 1 aliphatic carbocycles. The fourth-order valence-electron chi connectivity index (χ4n) is 4.25. The highest BCUT2D eigenvalue weighted by molar-refractivity contribution is 7.17. The van der Waals surface area contributed by atoms with E-state index < -0.39 is 0 Å². The standard InChI is InChI=1S/C17H17N3S/c1-2-6-13(7-3-1)20-12-14-15(17(20)8-4-5-9-17)19-11-10-18-16(19)21-14/h1-3,6-7,10-11H,4-5,8-9,12H2. The first-order valence-corrected chi connectivity index (χ1v) is 8.48. The molecule has 1 spiro atoms. The van der Waals surface area contributed by atoms with Gasteiger partial charge in [-0.3, -0.25) is 4.40 Å². The summed E-state index contributed by atoms with van der Waals surface area (Å²) < 4.78 is 2.34. The van der Waals surface area contributed by atoms with Gasteiger partial charge < -0.3 is 4.90 Å². The quantitative estimate of drug-likeness (QED) is 0.671. The van der Waals surface area contributed by atoms with Crippen molar-refractivity contribution in [2.24, 2.45) is 0 Å². The molecule has 106 valence electrons. The Bertz CT molecular complexity index is 796. The number of aromatic nitrogens is 2. The number of hydrogen-bond donors (Lipinski definition) is 0. The van der Waals surface area contributed by atoms with Crippen molar-refractivity contribution in [3.8, 4) is 0 Å². The molecule has 21 heavy (non-hydrogen) atoms. The minimum absolute atomic E-state index is 0.190. The number of nitrogens with zero attached hydrogens (tertiary/aromatic N) is 3. The van der Waals surface area contributed by atoms with E-state index in [1.807, 2.05) is 17.5 Å². The van der Waals surface area contributed by atoms with Crippen molar-refractivity contribution >= 4 is 22.0 Å². The normalized spacial score (nSPS) is 19.7. The molecule has 3 nitrogen and oxygen atoms in total. The molecule has 0 bridgehead atoms. The average molecular weight is 295 g/mol. The molecule has 1 aromatic carbocycles. The van der Waals surface area contributed by atoms with Crippen molar-refractivity contribution in [1.29, 1.82) is 0 Å². The van der Waals surface area contributed by atoms with E-state index in [1.54, 1.807) is 0 Å². The van der Waals surface area contributed by atoms with Gasteiger partial charge in [-0.25, -0.2) is 4.98 Å². The molecule has 3 aromatic rings. The van der Waals surface area contributed by atoms with Gasteiger partial charge in [0.25, 0.3) is 0 Å². The van der Waals surface area contributed by atoms with E-state index in [2.05, 4.69) is 50.8 Å². The molecule has 1 saturated carbocycles. The van der Waals surface area contributed by atoms with Crippen molar-refractivity contribution in [1.82, 2.24) is 9.38 Å². The zero-order valence-corrected chi connectivity index (χ0v) is 12.6. The van der Waals surface area contributed by atoms with E-state index >= 15 is 0 Å². The molecule has 0 atom stereocenters. The SMILES string of the molecule is c1ccc(N2Cc3sc4nccn4c3C23CCCC3)cc1. The van der Waals surface area contributed by atoms with E-state index in [0.29, 0.717) is 0 Å². The van der Waals surface area contributed by atoms with Crippen LogP contribution in [0.4, 0.5) is 5.69 Å². The Morgan fingerprint density at radius 3 is 2.71 bits per heavy atom. The predicted molar refractivity (Wildman–Crippen MR) is 85.8 cm³/mol. The van der Waals surface area contributed by atoms with Gasteiger partial charge in [0.1, 0.15) is 0 Å². The summed E-state index contributed by atoms with van der Waals surface area (Å²) in [7, 11) is 0. The number of fused-ring (bicyclic) bond motifs is 4. The van der Waals surface area contributed by atoms with Gasteiger partial charge in [-0.05, 0) is 25.0 Å². The zero-order chi connectivity index (χ0) is 13.9. The van der Waals surface area contributed by atoms with Gasteiger partial charge >= 0.3 is 0 Å². The Balaban J connectivity index is 1.74. The minimum atomic E-state index is 0.190. The second-order valence-corrected chi connectivity index (χ2v) is 7.18. The summed E-state index contributed by atoms with van der Waals surface area (Å²) in [6.45, 7) is 1.04. The van der Waals surface area contributed by atoms with E-state index in [4.69, 9.17) is 0 Å². The van der Waals surface area contributed by atoms with Crippen LogP contribution < -0.4 is 4.90 Å². The summed E-state index contributed by atoms with van der Waals surface area (Å²) in [5.74, 6) is 0. The van der Waals surface area contributed by atoms with Crippen LogP contribution in [-0.2, 0) is 12.1 Å². The fraction of sp³-hybridized carbons (Fsp3) is 0.353. The number of thiazole rings is 1. The maximum Gasteiger partial charge on any atom is 0.194 e. The van der Waals surface area contributed by atoms with Crippen molar-refractivity contribution in [3.63, 3.8) is 0 Å².